The molecule has 0 aromatic heterocycles. The third kappa shape index (κ3) is 6.55. The first-order valence-corrected chi connectivity index (χ1v) is 7.04. The second-order valence-corrected chi connectivity index (χ2v) is 5.49. The van der Waals surface area contributed by atoms with E-state index < -0.39 is 0 Å². The molecule has 3 nitrogen and oxygen atoms in total. The Morgan fingerprint density at radius 1 is 1.26 bits per heavy atom. The molecule has 2 N–H and O–H groups in total. The lowest BCUT2D eigenvalue weighted by atomic mass is 10.1. The number of benzene rings is 1. The molecule has 106 valence electrons. The Morgan fingerprint density at radius 3 is 2.63 bits per heavy atom. The van der Waals surface area contributed by atoms with Crippen LogP contribution in [-0.2, 0) is 4.74 Å². The molecule has 0 saturated heterocycles. The van der Waals surface area contributed by atoms with E-state index >= 15 is 0 Å². The zero-order valence-corrected chi connectivity index (χ0v) is 12.7. The second kappa shape index (κ2) is 8.12. The van der Waals surface area contributed by atoms with Crippen LogP contribution in [-0.4, -0.2) is 24.3 Å². The summed E-state index contributed by atoms with van der Waals surface area (Å²) in [5, 5.41) is 0. The normalized spacial score (nSPS) is 12.4. The van der Waals surface area contributed by atoms with E-state index in [9.17, 15) is 0 Å². The molecule has 0 amide bonds. The summed E-state index contributed by atoms with van der Waals surface area (Å²) in [5.41, 5.74) is 6.40. The van der Waals surface area contributed by atoms with E-state index in [1.54, 1.807) is 0 Å². The molecule has 19 heavy (non-hydrogen) atoms. The van der Waals surface area contributed by atoms with Crippen LogP contribution in [0.1, 0.15) is 32.8 Å². The van der Waals surface area contributed by atoms with Crippen molar-refractivity contribution in [1.82, 2.24) is 0 Å². The Hall–Kier alpha value is -1.13. The van der Waals surface area contributed by atoms with Gasteiger partial charge in [0.1, 0.15) is 17.3 Å². The quantitative estimate of drug-likeness (QED) is 0.587. The van der Waals surface area contributed by atoms with Crippen LogP contribution in [0.2, 0.25) is 0 Å². The summed E-state index contributed by atoms with van der Waals surface area (Å²) in [4.78, 5) is 0.382. The Morgan fingerprint density at radius 2 is 2.00 bits per heavy atom. The van der Waals surface area contributed by atoms with E-state index in [0.717, 1.165) is 17.7 Å². The van der Waals surface area contributed by atoms with E-state index in [-0.39, 0.29) is 6.10 Å². The van der Waals surface area contributed by atoms with Crippen molar-refractivity contribution in [3.63, 3.8) is 0 Å². The molecule has 0 fully saturated rings. The van der Waals surface area contributed by atoms with Gasteiger partial charge < -0.3 is 15.2 Å². The average molecular weight is 281 g/mol. The molecule has 1 aromatic carbocycles. The van der Waals surface area contributed by atoms with Gasteiger partial charge in [0.05, 0.1) is 12.7 Å². The smallest absolute Gasteiger partial charge is 0.120 e. The summed E-state index contributed by atoms with van der Waals surface area (Å²) < 4.78 is 11.3. The first kappa shape index (κ1) is 15.9. The minimum atomic E-state index is 0.270. The number of hydrogen-bond acceptors (Lipinski definition) is 3. The summed E-state index contributed by atoms with van der Waals surface area (Å²) >= 11 is 4.93. The van der Waals surface area contributed by atoms with E-state index in [4.69, 9.17) is 27.4 Å². The third-order valence-electron chi connectivity index (χ3n) is 2.68. The molecule has 0 bridgehead atoms. The van der Waals surface area contributed by atoms with Crippen molar-refractivity contribution in [3.8, 4) is 5.75 Å². The van der Waals surface area contributed by atoms with Crippen LogP contribution in [0.4, 0.5) is 0 Å². The molecule has 0 aliphatic rings. The van der Waals surface area contributed by atoms with E-state index in [0.29, 0.717) is 24.1 Å². The van der Waals surface area contributed by atoms with E-state index in [2.05, 4.69) is 20.8 Å². The van der Waals surface area contributed by atoms with Crippen molar-refractivity contribution in [3.05, 3.63) is 29.8 Å². The number of hydrogen-bond donors (Lipinski definition) is 1. The van der Waals surface area contributed by atoms with Gasteiger partial charge in [-0.25, -0.2) is 0 Å². The van der Waals surface area contributed by atoms with Gasteiger partial charge in [0, 0.05) is 5.56 Å². The Balaban J connectivity index is 2.29. The largest absolute Gasteiger partial charge is 0.491 e. The van der Waals surface area contributed by atoms with Crippen molar-refractivity contribution in [2.75, 3.05) is 13.2 Å². The number of nitrogens with two attached hydrogens (primary N) is 1. The maximum Gasteiger partial charge on any atom is 0.120 e. The van der Waals surface area contributed by atoms with Gasteiger partial charge in [0.15, 0.2) is 0 Å². The number of thiocarbonyl (C=S) groups is 1. The van der Waals surface area contributed by atoms with Crippen LogP contribution < -0.4 is 10.5 Å². The van der Waals surface area contributed by atoms with Gasteiger partial charge in [-0.1, -0.05) is 38.2 Å². The van der Waals surface area contributed by atoms with Crippen molar-refractivity contribution in [2.45, 2.75) is 33.3 Å². The van der Waals surface area contributed by atoms with Gasteiger partial charge >= 0.3 is 0 Å². The molecule has 0 heterocycles. The Labute approximate surface area is 121 Å². The van der Waals surface area contributed by atoms with Crippen molar-refractivity contribution in [1.29, 1.82) is 0 Å². The zero-order valence-electron chi connectivity index (χ0n) is 11.9. The molecule has 4 heteroatoms. The monoisotopic (exact) mass is 281 g/mol. The SMILES string of the molecule is CC(C)CC(C)OCCOc1cccc(C(N)=S)c1. The highest BCUT2D eigenvalue weighted by molar-refractivity contribution is 7.80. The van der Waals surface area contributed by atoms with Gasteiger partial charge in [-0.15, -0.1) is 0 Å². The maximum atomic E-state index is 5.68. The summed E-state index contributed by atoms with van der Waals surface area (Å²) in [6.07, 6.45) is 1.34. The first-order valence-electron chi connectivity index (χ1n) is 6.63. The topological polar surface area (TPSA) is 44.5 Å². The molecule has 0 saturated carbocycles. The molecule has 0 aliphatic heterocycles. The first-order chi connectivity index (χ1) is 8.99. The molecular formula is C15H23NO2S. The lowest BCUT2D eigenvalue weighted by Crippen LogP contribution is -2.16. The Kier molecular flexibility index (Phi) is 6.81. The predicted octanol–water partition coefficient (Wildman–Crippen LogP) is 3.15. The van der Waals surface area contributed by atoms with E-state index in [1.807, 2.05) is 24.3 Å². The predicted molar refractivity (Wildman–Crippen MR) is 82.7 cm³/mol. The molecule has 1 unspecified atom stereocenters. The molecule has 0 spiro atoms. The third-order valence-corrected chi connectivity index (χ3v) is 2.91. The van der Waals surface area contributed by atoms with Gasteiger partial charge in [-0.2, -0.15) is 0 Å². The lowest BCUT2D eigenvalue weighted by molar-refractivity contribution is 0.0331. The minimum Gasteiger partial charge on any atom is -0.491 e. The van der Waals surface area contributed by atoms with Crippen molar-refractivity contribution >= 4 is 17.2 Å². The average Bonchev–Trinajstić information content (AvgIpc) is 2.34. The van der Waals surface area contributed by atoms with Crippen molar-refractivity contribution in [2.24, 2.45) is 11.7 Å². The summed E-state index contributed by atoms with van der Waals surface area (Å²) in [6.45, 7) is 7.59. The molecule has 0 radical (unpaired) electrons. The lowest BCUT2D eigenvalue weighted by Gasteiger charge is -2.15. The number of ether oxygens (including phenoxy) is 2. The standard InChI is InChI=1S/C15H23NO2S/c1-11(2)9-12(3)17-7-8-18-14-6-4-5-13(10-14)15(16)19/h4-6,10-12H,7-9H2,1-3H3,(H2,16,19). The highest BCUT2D eigenvalue weighted by Crippen LogP contribution is 2.13. The number of rotatable bonds is 8. The minimum absolute atomic E-state index is 0.270. The van der Waals surface area contributed by atoms with Crippen molar-refractivity contribution < 1.29 is 9.47 Å². The highest BCUT2D eigenvalue weighted by atomic mass is 32.1. The van der Waals surface area contributed by atoms with Gasteiger partial charge in [0.2, 0.25) is 0 Å². The van der Waals surface area contributed by atoms with Gasteiger partial charge in [-0.05, 0) is 31.4 Å². The fraction of sp³-hybridized carbons (Fsp3) is 0.533. The van der Waals surface area contributed by atoms with Crippen LogP contribution in [0.3, 0.4) is 0 Å². The van der Waals surface area contributed by atoms with E-state index in [1.165, 1.54) is 0 Å². The van der Waals surface area contributed by atoms with Crippen LogP contribution >= 0.6 is 12.2 Å². The fourth-order valence-electron chi connectivity index (χ4n) is 1.88. The van der Waals surface area contributed by atoms with Gasteiger partial charge in [0.25, 0.3) is 0 Å². The molecule has 1 atom stereocenters. The summed E-state index contributed by atoms with van der Waals surface area (Å²) in [5.74, 6) is 1.42. The Bertz CT molecular complexity index is 407. The molecular weight excluding hydrogens is 258 g/mol. The fourth-order valence-corrected chi connectivity index (χ4v) is 2.01. The highest BCUT2D eigenvalue weighted by Gasteiger charge is 2.05. The van der Waals surface area contributed by atoms with Crippen LogP contribution in [0.15, 0.2) is 24.3 Å². The second-order valence-electron chi connectivity index (χ2n) is 5.05. The molecule has 1 aromatic rings. The zero-order chi connectivity index (χ0) is 14.3. The summed E-state index contributed by atoms with van der Waals surface area (Å²) in [7, 11) is 0. The van der Waals surface area contributed by atoms with Gasteiger partial charge in [-0.3, -0.25) is 0 Å². The summed E-state index contributed by atoms with van der Waals surface area (Å²) in [6, 6.07) is 7.49. The van der Waals surface area contributed by atoms with Crippen LogP contribution in [0.5, 0.6) is 5.75 Å². The van der Waals surface area contributed by atoms with Crippen LogP contribution in [0.25, 0.3) is 0 Å². The molecule has 1 rings (SSSR count). The van der Waals surface area contributed by atoms with Crippen LogP contribution in [0, 0.1) is 5.92 Å². The maximum absolute atomic E-state index is 5.68. The molecule has 0 aliphatic carbocycles.